The lowest BCUT2D eigenvalue weighted by Gasteiger charge is -2.10. The minimum absolute atomic E-state index is 0.152. The number of hydrogen-bond acceptors (Lipinski definition) is 3. The molecular weight excluding hydrogens is 343 g/mol. The molecule has 0 aliphatic rings. The summed E-state index contributed by atoms with van der Waals surface area (Å²) >= 11 is 0. The fourth-order valence-electron chi connectivity index (χ4n) is 2.13. The topological polar surface area (TPSA) is 75.3 Å². The maximum Gasteiger partial charge on any atom is 0.244 e. The van der Waals surface area contributed by atoms with Crippen LogP contribution in [0.25, 0.3) is 6.08 Å². The van der Waals surface area contributed by atoms with Crippen molar-refractivity contribution >= 4 is 22.0 Å². The van der Waals surface area contributed by atoms with Crippen LogP contribution in [-0.4, -0.2) is 21.4 Å². The number of carbonyl (C=O) groups is 1. The highest BCUT2D eigenvalue weighted by atomic mass is 32.2. The molecule has 1 amide bonds. The van der Waals surface area contributed by atoms with Gasteiger partial charge in [0.2, 0.25) is 15.9 Å². The fourth-order valence-corrected chi connectivity index (χ4v) is 2.97. The summed E-state index contributed by atoms with van der Waals surface area (Å²) in [6.07, 6.45) is 2.92. The number of amides is 1. The second-order valence-corrected chi connectivity index (χ2v) is 7.26. The summed E-state index contributed by atoms with van der Waals surface area (Å²) in [6, 6.07) is 12.8. The summed E-state index contributed by atoms with van der Waals surface area (Å²) in [5.41, 5.74) is 2.06. The van der Waals surface area contributed by atoms with E-state index in [0.29, 0.717) is 11.1 Å². The number of nitrogens with one attached hydrogen (secondary N) is 2. The van der Waals surface area contributed by atoms with Crippen LogP contribution in [-0.2, 0) is 27.1 Å². The first kappa shape index (κ1) is 18.8. The number of carbonyl (C=O) groups excluding carboxylic acids is 1. The Morgan fingerprint density at radius 2 is 1.72 bits per heavy atom. The Morgan fingerprint density at radius 1 is 1.08 bits per heavy atom. The molecule has 0 aliphatic heterocycles. The molecule has 0 saturated heterocycles. The normalized spacial score (nSPS) is 11.6. The first-order valence-electron chi connectivity index (χ1n) is 7.59. The Labute approximate surface area is 146 Å². The Balaban J connectivity index is 1.99. The standard InChI is InChI=1S/C18H19FN2O3S/c1-20-25(23,24)13-16-5-3-2-4-15(16)12-21-18(22)11-8-14-6-9-17(19)10-7-14/h2-11,20H,12-13H2,1H3,(H,21,22). The van der Waals surface area contributed by atoms with Crippen molar-refractivity contribution in [2.45, 2.75) is 12.3 Å². The second-order valence-electron chi connectivity index (χ2n) is 5.33. The van der Waals surface area contributed by atoms with E-state index in [9.17, 15) is 17.6 Å². The van der Waals surface area contributed by atoms with Gasteiger partial charge in [-0.3, -0.25) is 4.79 Å². The van der Waals surface area contributed by atoms with Crippen LogP contribution in [0.15, 0.2) is 54.6 Å². The lowest BCUT2D eigenvalue weighted by atomic mass is 10.1. The third-order valence-electron chi connectivity index (χ3n) is 3.53. The van der Waals surface area contributed by atoms with Crippen LogP contribution in [0.5, 0.6) is 0 Å². The number of hydrogen-bond donors (Lipinski definition) is 2. The van der Waals surface area contributed by atoms with Gasteiger partial charge in [-0.05, 0) is 41.9 Å². The van der Waals surface area contributed by atoms with Gasteiger partial charge in [-0.2, -0.15) is 0 Å². The van der Waals surface area contributed by atoms with Crippen LogP contribution in [0.3, 0.4) is 0 Å². The van der Waals surface area contributed by atoms with Gasteiger partial charge in [-0.25, -0.2) is 17.5 Å². The molecule has 2 aromatic rings. The first-order chi connectivity index (χ1) is 11.9. The van der Waals surface area contributed by atoms with Crippen molar-refractivity contribution in [3.63, 3.8) is 0 Å². The minimum atomic E-state index is -3.39. The van der Waals surface area contributed by atoms with Gasteiger partial charge in [0.25, 0.3) is 0 Å². The number of sulfonamides is 1. The SMILES string of the molecule is CNS(=O)(=O)Cc1ccccc1CNC(=O)C=Cc1ccc(F)cc1. The first-order valence-corrected chi connectivity index (χ1v) is 9.24. The Kier molecular flexibility index (Phi) is 6.44. The highest BCUT2D eigenvalue weighted by molar-refractivity contribution is 7.88. The summed E-state index contributed by atoms with van der Waals surface area (Å²) in [7, 11) is -2.03. The maximum atomic E-state index is 12.8. The van der Waals surface area contributed by atoms with Crippen LogP contribution in [0.4, 0.5) is 4.39 Å². The van der Waals surface area contributed by atoms with E-state index >= 15 is 0 Å². The molecule has 0 bridgehead atoms. The Morgan fingerprint density at radius 3 is 2.36 bits per heavy atom. The van der Waals surface area contributed by atoms with Gasteiger partial charge >= 0.3 is 0 Å². The number of rotatable bonds is 7. The largest absolute Gasteiger partial charge is 0.348 e. The van der Waals surface area contributed by atoms with Crippen LogP contribution in [0.2, 0.25) is 0 Å². The molecule has 0 spiro atoms. The molecule has 0 radical (unpaired) electrons. The molecule has 132 valence electrons. The van der Waals surface area contributed by atoms with Gasteiger partial charge in [0.1, 0.15) is 5.82 Å². The van der Waals surface area contributed by atoms with Gasteiger partial charge in [-0.1, -0.05) is 36.4 Å². The summed E-state index contributed by atoms with van der Waals surface area (Å²) in [6.45, 7) is 0.210. The molecule has 2 rings (SSSR count). The van der Waals surface area contributed by atoms with Crippen molar-refractivity contribution in [3.05, 3.63) is 77.1 Å². The van der Waals surface area contributed by atoms with Crippen LogP contribution >= 0.6 is 0 Å². The van der Waals surface area contributed by atoms with Gasteiger partial charge in [0, 0.05) is 12.6 Å². The third kappa shape index (κ3) is 6.13. The fraction of sp³-hybridized carbons (Fsp3) is 0.167. The highest BCUT2D eigenvalue weighted by Gasteiger charge is 2.12. The molecule has 0 fully saturated rings. The van der Waals surface area contributed by atoms with E-state index < -0.39 is 10.0 Å². The molecule has 0 atom stereocenters. The maximum absolute atomic E-state index is 12.8. The molecule has 7 heteroatoms. The van der Waals surface area contributed by atoms with Gasteiger partial charge in [0.05, 0.1) is 5.75 Å². The molecule has 5 nitrogen and oxygen atoms in total. The van der Waals surface area contributed by atoms with Crippen LogP contribution < -0.4 is 10.0 Å². The smallest absolute Gasteiger partial charge is 0.244 e. The monoisotopic (exact) mass is 362 g/mol. The van der Waals surface area contributed by atoms with E-state index in [0.717, 1.165) is 5.56 Å². The summed E-state index contributed by atoms with van der Waals surface area (Å²) in [5, 5.41) is 2.71. The average molecular weight is 362 g/mol. The van der Waals surface area contributed by atoms with E-state index in [1.807, 2.05) is 0 Å². The highest BCUT2D eigenvalue weighted by Crippen LogP contribution is 2.12. The summed E-state index contributed by atoms with van der Waals surface area (Å²) < 4.78 is 38.5. The molecule has 25 heavy (non-hydrogen) atoms. The molecular formula is C18H19FN2O3S. The molecule has 2 N–H and O–H groups in total. The van der Waals surface area contributed by atoms with E-state index in [-0.39, 0.29) is 24.0 Å². The molecule has 0 saturated carbocycles. The zero-order chi connectivity index (χ0) is 18.3. The lowest BCUT2D eigenvalue weighted by molar-refractivity contribution is -0.116. The van der Waals surface area contributed by atoms with Gasteiger partial charge < -0.3 is 5.32 Å². The quantitative estimate of drug-likeness (QED) is 0.742. The minimum Gasteiger partial charge on any atom is -0.348 e. The van der Waals surface area contributed by atoms with Gasteiger partial charge in [0.15, 0.2) is 0 Å². The summed E-state index contributed by atoms with van der Waals surface area (Å²) in [4.78, 5) is 11.9. The van der Waals surface area contributed by atoms with Crippen molar-refractivity contribution in [3.8, 4) is 0 Å². The number of halogens is 1. The molecule has 2 aromatic carbocycles. The zero-order valence-corrected chi connectivity index (χ0v) is 14.5. The second kappa shape index (κ2) is 8.55. The van der Waals surface area contributed by atoms with E-state index in [4.69, 9.17) is 0 Å². The zero-order valence-electron chi connectivity index (χ0n) is 13.7. The number of benzene rings is 2. The van der Waals surface area contributed by atoms with Crippen molar-refractivity contribution in [1.29, 1.82) is 0 Å². The van der Waals surface area contributed by atoms with E-state index in [1.165, 1.54) is 25.3 Å². The predicted octanol–water partition coefficient (Wildman–Crippen LogP) is 2.20. The average Bonchev–Trinajstić information content (AvgIpc) is 2.60. The van der Waals surface area contributed by atoms with Gasteiger partial charge in [-0.15, -0.1) is 0 Å². The summed E-state index contributed by atoms with van der Waals surface area (Å²) in [5.74, 6) is -0.814. The lowest BCUT2D eigenvalue weighted by Crippen LogP contribution is -2.24. The van der Waals surface area contributed by atoms with Crippen molar-refractivity contribution < 1.29 is 17.6 Å². The van der Waals surface area contributed by atoms with E-state index in [2.05, 4.69) is 10.0 Å². The molecule has 0 unspecified atom stereocenters. The Bertz CT molecular complexity index is 862. The van der Waals surface area contributed by atoms with Crippen molar-refractivity contribution in [2.24, 2.45) is 0 Å². The molecule has 0 aliphatic carbocycles. The third-order valence-corrected chi connectivity index (χ3v) is 4.84. The molecule has 0 aromatic heterocycles. The van der Waals surface area contributed by atoms with E-state index in [1.54, 1.807) is 42.5 Å². The Hall–Kier alpha value is -2.51. The van der Waals surface area contributed by atoms with Crippen LogP contribution in [0, 0.1) is 5.82 Å². The van der Waals surface area contributed by atoms with Crippen molar-refractivity contribution in [1.82, 2.24) is 10.0 Å². The molecule has 0 heterocycles. The van der Waals surface area contributed by atoms with Crippen molar-refractivity contribution in [2.75, 3.05) is 7.05 Å². The van der Waals surface area contributed by atoms with Crippen LogP contribution in [0.1, 0.15) is 16.7 Å². The predicted molar refractivity (Wildman–Crippen MR) is 95.4 cm³/mol.